The molecule has 1 atom stereocenters. The van der Waals surface area contributed by atoms with Crippen LogP contribution in [0.25, 0.3) is 6.08 Å². The quantitative estimate of drug-likeness (QED) is 0.363. The topological polar surface area (TPSA) is 88.6 Å². The van der Waals surface area contributed by atoms with Crippen LogP contribution in [0.1, 0.15) is 30.6 Å². The number of anilines is 2. The van der Waals surface area contributed by atoms with Crippen molar-refractivity contribution in [2.24, 2.45) is 0 Å². The van der Waals surface area contributed by atoms with Crippen molar-refractivity contribution in [1.82, 2.24) is 10.3 Å². The van der Waals surface area contributed by atoms with Gasteiger partial charge in [0, 0.05) is 23.4 Å². The standard InChI is InChI=1S/C24H22ClN3O4S/c1-16(29)28(18-8-4-3-5-9-18)24-26-17(15-33-24)12-13-22(30)27-21(14-23(31)32-2)19-10-6-7-11-20(19)25/h3-13,15,21H,14H2,1-2H3,(H,27,30)/b13-12+. The lowest BCUT2D eigenvalue weighted by Crippen LogP contribution is -2.29. The molecular formula is C24H22ClN3O4S. The maximum atomic E-state index is 12.6. The van der Waals surface area contributed by atoms with Crippen LogP contribution in [0.15, 0.2) is 66.1 Å². The van der Waals surface area contributed by atoms with Crippen molar-refractivity contribution in [2.45, 2.75) is 19.4 Å². The van der Waals surface area contributed by atoms with Gasteiger partial charge in [-0.2, -0.15) is 0 Å². The molecule has 0 bridgehead atoms. The van der Waals surface area contributed by atoms with E-state index < -0.39 is 17.9 Å². The number of ether oxygens (including phenoxy) is 1. The first kappa shape index (κ1) is 24.2. The molecule has 2 aromatic carbocycles. The summed E-state index contributed by atoms with van der Waals surface area (Å²) in [6, 6.07) is 15.5. The van der Waals surface area contributed by atoms with Crippen molar-refractivity contribution < 1.29 is 19.1 Å². The van der Waals surface area contributed by atoms with E-state index in [1.807, 2.05) is 30.3 Å². The number of para-hydroxylation sites is 1. The monoisotopic (exact) mass is 483 g/mol. The van der Waals surface area contributed by atoms with E-state index in [-0.39, 0.29) is 12.3 Å². The number of nitrogens with zero attached hydrogens (tertiary/aromatic N) is 2. The number of nitrogens with one attached hydrogen (secondary N) is 1. The van der Waals surface area contributed by atoms with Gasteiger partial charge in [0.05, 0.1) is 31.0 Å². The van der Waals surface area contributed by atoms with Gasteiger partial charge in [-0.1, -0.05) is 48.0 Å². The number of hydrogen-bond acceptors (Lipinski definition) is 6. The molecule has 170 valence electrons. The third kappa shape index (κ3) is 6.50. The minimum absolute atomic E-state index is 0.0642. The molecule has 1 aromatic heterocycles. The first-order valence-corrected chi connectivity index (χ1v) is 11.3. The molecule has 0 saturated heterocycles. The van der Waals surface area contributed by atoms with E-state index in [1.54, 1.807) is 35.7 Å². The van der Waals surface area contributed by atoms with Crippen LogP contribution in [0.5, 0.6) is 0 Å². The van der Waals surface area contributed by atoms with E-state index >= 15 is 0 Å². The van der Waals surface area contributed by atoms with Gasteiger partial charge >= 0.3 is 5.97 Å². The summed E-state index contributed by atoms with van der Waals surface area (Å²) in [5.74, 6) is -1.07. The average Bonchev–Trinajstić information content (AvgIpc) is 3.26. The van der Waals surface area contributed by atoms with Crippen LogP contribution in [0.3, 0.4) is 0 Å². The number of benzene rings is 2. The van der Waals surface area contributed by atoms with Crippen LogP contribution in [-0.4, -0.2) is 29.9 Å². The van der Waals surface area contributed by atoms with Gasteiger partial charge in [0.2, 0.25) is 11.8 Å². The Morgan fingerprint density at radius 1 is 1.15 bits per heavy atom. The van der Waals surface area contributed by atoms with Crippen molar-refractivity contribution in [3.63, 3.8) is 0 Å². The fraction of sp³-hybridized carbons (Fsp3) is 0.167. The first-order chi connectivity index (χ1) is 15.9. The Labute approximate surface area is 200 Å². The molecule has 1 heterocycles. The summed E-state index contributed by atoms with van der Waals surface area (Å²) in [6.45, 7) is 1.47. The minimum Gasteiger partial charge on any atom is -0.469 e. The third-order valence-corrected chi connectivity index (χ3v) is 5.82. The Bertz CT molecular complexity index is 1160. The molecule has 9 heteroatoms. The number of hydrogen-bond donors (Lipinski definition) is 1. The second-order valence-electron chi connectivity index (χ2n) is 6.94. The normalized spacial score (nSPS) is 11.7. The number of aromatic nitrogens is 1. The Kier molecular flexibility index (Phi) is 8.34. The van der Waals surface area contributed by atoms with Gasteiger partial charge in [-0.05, 0) is 29.8 Å². The number of amides is 2. The predicted molar refractivity (Wildman–Crippen MR) is 129 cm³/mol. The van der Waals surface area contributed by atoms with E-state index in [0.29, 0.717) is 27.1 Å². The van der Waals surface area contributed by atoms with Gasteiger partial charge in [-0.25, -0.2) is 4.98 Å². The largest absolute Gasteiger partial charge is 0.469 e. The van der Waals surface area contributed by atoms with E-state index in [1.165, 1.54) is 36.3 Å². The molecular weight excluding hydrogens is 462 g/mol. The smallest absolute Gasteiger partial charge is 0.307 e. The number of thiazole rings is 1. The molecule has 2 amide bonds. The van der Waals surface area contributed by atoms with Crippen molar-refractivity contribution in [2.75, 3.05) is 12.0 Å². The second kappa shape index (κ2) is 11.4. The molecule has 0 fully saturated rings. The van der Waals surface area contributed by atoms with Gasteiger partial charge in [-0.15, -0.1) is 11.3 Å². The van der Waals surface area contributed by atoms with Gasteiger partial charge in [0.25, 0.3) is 0 Å². The first-order valence-electron chi connectivity index (χ1n) is 10.00. The number of carbonyl (C=O) groups is 3. The predicted octanol–water partition coefficient (Wildman–Crippen LogP) is 4.91. The molecule has 1 N–H and O–H groups in total. The zero-order chi connectivity index (χ0) is 23.8. The summed E-state index contributed by atoms with van der Waals surface area (Å²) < 4.78 is 4.74. The Balaban J connectivity index is 1.74. The zero-order valence-corrected chi connectivity index (χ0v) is 19.6. The highest BCUT2D eigenvalue weighted by Gasteiger charge is 2.21. The lowest BCUT2D eigenvalue weighted by Gasteiger charge is -2.18. The summed E-state index contributed by atoms with van der Waals surface area (Å²) in [5.41, 5.74) is 1.84. The maximum Gasteiger partial charge on any atom is 0.307 e. The van der Waals surface area contributed by atoms with Crippen LogP contribution >= 0.6 is 22.9 Å². The molecule has 0 aliphatic heterocycles. The number of methoxy groups -OCH3 is 1. The second-order valence-corrected chi connectivity index (χ2v) is 8.18. The minimum atomic E-state index is -0.652. The van der Waals surface area contributed by atoms with Crippen molar-refractivity contribution in [1.29, 1.82) is 0 Å². The van der Waals surface area contributed by atoms with Crippen LogP contribution in [0, 0.1) is 0 Å². The van der Waals surface area contributed by atoms with Gasteiger partial charge in [0.1, 0.15) is 0 Å². The van der Waals surface area contributed by atoms with Gasteiger partial charge in [0.15, 0.2) is 5.13 Å². The summed E-state index contributed by atoms with van der Waals surface area (Å²) in [4.78, 5) is 42.5. The molecule has 0 radical (unpaired) electrons. The van der Waals surface area contributed by atoms with Crippen LogP contribution < -0.4 is 10.2 Å². The van der Waals surface area contributed by atoms with E-state index in [2.05, 4.69) is 10.3 Å². The zero-order valence-electron chi connectivity index (χ0n) is 18.0. The fourth-order valence-electron chi connectivity index (χ4n) is 3.09. The number of carbonyl (C=O) groups excluding carboxylic acids is 3. The molecule has 3 rings (SSSR count). The Morgan fingerprint density at radius 2 is 1.85 bits per heavy atom. The molecule has 0 spiro atoms. The van der Waals surface area contributed by atoms with Gasteiger partial charge < -0.3 is 10.1 Å². The summed E-state index contributed by atoms with van der Waals surface area (Å²) in [7, 11) is 1.29. The van der Waals surface area contributed by atoms with Crippen molar-refractivity contribution in [3.8, 4) is 0 Å². The third-order valence-electron chi connectivity index (χ3n) is 4.63. The fourth-order valence-corrected chi connectivity index (χ4v) is 4.21. The molecule has 0 aliphatic rings. The molecule has 1 unspecified atom stereocenters. The Hall–Kier alpha value is -3.49. The maximum absolute atomic E-state index is 12.6. The molecule has 3 aromatic rings. The SMILES string of the molecule is COC(=O)CC(NC(=O)/C=C/c1csc(N(C(C)=O)c2ccccc2)n1)c1ccccc1Cl. The summed E-state index contributed by atoms with van der Waals surface area (Å²) >= 11 is 7.54. The lowest BCUT2D eigenvalue weighted by atomic mass is 10.0. The lowest BCUT2D eigenvalue weighted by molar-refractivity contribution is -0.141. The van der Waals surface area contributed by atoms with Gasteiger partial charge in [-0.3, -0.25) is 19.3 Å². The summed E-state index contributed by atoms with van der Waals surface area (Å²) in [5, 5.41) is 5.46. The van der Waals surface area contributed by atoms with Crippen molar-refractivity contribution >= 4 is 57.6 Å². The highest BCUT2D eigenvalue weighted by molar-refractivity contribution is 7.14. The highest BCUT2D eigenvalue weighted by atomic mass is 35.5. The highest BCUT2D eigenvalue weighted by Crippen LogP contribution is 2.29. The molecule has 0 aliphatic carbocycles. The molecule has 0 saturated carbocycles. The van der Waals surface area contributed by atoms with E-state index in [9.17, 15) is 14.4 Å². The molecule has 7 nitrogen and oxygen atoms in total. The number of esters is 1. The van der Waals surface area contributed by atoms with Crippen molar-refractivity contribution in [3.05, 3.63) is 82.3 Å². The van der Waals surface area contributed by atoms with Crippen LogP contribution in [0.2, 0.25) is 5.02 Å². The van der Waals surface area contributed by atoms with Crippen LogP contribution in [-0.2, 0) is 19.1 Å². The average molecular weight is 484 g/mol. The Morgan fingerprint density at radius 3 is 2.52 bits per heavy atom. The van der Waals surface area contributed by atoms with Crippen LogP contribution in [0.4, 0.5) is 10.8 Å². The van der Waals surface area contributed by atoms with E-state index in [4.69, 9.17) is 16.3 Å². The van der Waals surface area contributed by atoms with E-state index in [0.717, 1.165) is 0 Å². The number of halogens is 1. The summed E-state index contributed by atoms with van der Waals surface area (Å²) in [6.07, 6.45) is 2.80. The molecule has 33 heavy (non-hydrogen) atoms. The number of rotatable bonds is 8.